The molecule has 4 heteroatoms. The van der Waals surface area contributed by atoms with E-state index >= 15 is 0 Å². The summed E-state index contributed by atoms with van der Waals surface area (Å²) < 4.78 is 0.905. The Morgan fingerprint density at radius 3 is 2.67 bits per heavy atom. The minimum absolute atomic E-state index is 0.260. The van der Waals surface area contributed by atoms with Crippen LogP contribution >= 0.6 is 22.6 Å². The lowest BCUT2D eigenvalue weighted by Crippen LogP contribution is -2.08. The molecule has 0 bridgehead atoms. The van der Waals surface area contributed by atoms with E-state index in [0.717, 1.165) is 3.70 Å². The Morgan fingerprint density at radius 2 is 2.22 bits per heavy atom. The van der Waals surface area contributed by atoms with Gasteiger partial charge in [-0.3, -0.25) is 4.98 Å². The van der Waals surface area contributed by atoms with Crippen LogP contribution in [-0.2, 0) is 0 Å². The van der Waals surface area contributed by atoms with Gasteiger partial charge in [-0.2, -0.15) is 0 Å². The predicted molar refractivity (Wildman–Crippen MR) is 46.8 cm³/mol. The van der Waals surface area contributed by atoms with Crippen molar-refractivity contribution in [1.82, 2.24) is 4.98 Å². The van der Waals surface area contributed by atoms with Gasteiger partial charge in [0.2, 0.25) is 0 Å². The third-order valence-corrected chi connectivity index (χ3v) is 1.62. The molecule has 0 aromatic carbocycles. The maximum absolute atomic E-state index is 8.98. The van der Waals surface area contributed by atoms with Crippen LogP contribution in [0.1, 0.15) is 0 Å². The number of nitrogens with zero attached hydrogens (tertiary/aromatic N) is 1. The molecule has 0 atom stereocenters. The number of pyridine rings is 1. The van der Waals surface area contributed by atoms with Gasteiger partial charge in [0, 0.05) is 5.59 Å². The first-order chi connectivity index (χ1) is 4.20. The van der Waals surface area contributed by atoms with Gasteiger partial charge in [-0.1, -0.05) is 0 Å². The van der Waals surface area contributed by atoms with Crippen molar-refractivity contribution >= 4 is 36.0 Å². The van der Waals surface area contributed by atoms with E-state index in [1.165, 1.54) is 0 Å². The van der Waals surface area contributed by atoms with Crippen LogP contribution in [0.15, 0.2) is 12.1 Å². The van der Waals surface area contributed by atoms with E-state index in [0.29, 0.717) is 5.59 Å². The molecule has 0 radical (unpaired) electrons. The zero-order chi connectivity index (χ0) is 6.85. The summed E-state index contributed by atoms with van der Waals surface area (Å²) in [7, 11) is 1.78. The molecule has 1 N–H and O–H groups in total. The quantitative estimate of drug-likeness (QED) is 0.377. The number of aromatic hydroxyl groups is 1. The van der Waals surface area contributed by atoms with Gasteiger partial charge in [-0.05, 0) is 34.7 Å². The van der Waals surface area contributed by atoms with Crippen molar-refractivity contribution in [1.29, 1.82) is 0 Å². The number of halogens is 1. The van der Waals surface area contributed by atoms with Gasteiger partial charge in [-0.25, -0.2) is 0 Å². The molecular formula is C5H5BINO. The number of hydrogen-bond acceptors (Lipinski definition) is 2. The Balaban J connectivity index is 3.17. The summed E-state index contributed by atoms with van der Waals surface area (Å²) >= 11 is 2.10. The molecule has 46 valence electrons. The molecule has 0 fully saturated rings. The molecule has 0 saturated carbocycles. The molecule has 1 rings (SSSR count). The van der Waals surface area contributed by atoms with E-state index in [9.17, 15) is 0 Å². The molecule has 0 amide bonds. The third-order valence-electron chi connectivity index (χ3n) is 1.02. The highest BCUT2D eigenvalue weighted by Gasteiger charge is 1.94. The Bertz CT molecular complexity index is 228. The van der Waals surface area contributed by atoms with Crippen LogP contribution < -0.4 is 5.59 Å². The SMILES string of the molecule is Bc1nc(I)ccc1O. The second-order valence-corrected chi connectivity index (χ2v) is 2.84. The molecule has 0 aliphatic rings. The minimum atomic E-state index is 0.260. The maximum Gasteiger partial charge on any atom is 0.169 e. The summed E-state index contributed by atoms with van der Waals surface area (Å²) in [5.41, 5.74) is 0.682. The summed E-state index contributed by atoms with van der Waals surface area (Å²) in [4.78, 5) is 4.01. The zero-order valence-electron chi connectivity index (χ0n) is 4.93. The molecule has 1 heterocycles. The Kier molecular flexibility index (Phi) is 1.95. The molecule has 2 nitrogen and oxygen atoms in total. The monoisotopic (exact) mass is 233 g/mol. The molecule has 0 saturated heterocycles. The van der Waals surface area contributed by atoms with Gasteiger partial charge >= 0.3 is 0 Å². The summed E-state index contributed by atoms with van der Waals surface area (Å²) in [6.07, 6.45) is 0. The fourth-order valence-electron chi connectivity index (χ4n) is 0.523. The number of rotatable bonds is 0. The predicted octanol–water partition coefficient (Wildman–Crippen LogP) is -0.350. The fraction of sp³-hybridized carbons (Fsp3) is 0. The first-order valence-corrected chi connectivity index (χ1v) is 3.60. The van der Waals surface area contributed by atoms with Crippen molar-refractivity contribution in [3.63, 3.8) is 0 Å². The van der Waals surface area contributed by atoms with E-state index in [1.807, 2.05) is 0 Å². The van der Waals surface area contributed by atoms with E-state index in [2.05, 4.69) is 27.6 Å². The Morgan fingerprint density at radius 1 is 1.56 bits per heavy atom. The van der Waals surface area contributed by atoms with Crippen LogP contribution in [0, 0.1) is 3.70 Å². The topological polar surface area (TPSA) is 33.1 Å². The van der Waals surface area contributed by atoms with Crippen molar-refractivity contribution in [2.75, 3.05) is 0 Å². The molecule has 1 aromatic heterocycles. The maximum atomic E-state index is 8.98. The standard InChI is InChI=1S/C5H5BINO/c6-5-3(9)1-2-4(7)8-5/h1-2,9H,6H2. The molecule has 0 spiro atoms. The summed E-state index contributed by atoms with van der Waals surface area (Å²) in [5, 5.41) is 8.98. The normalized spacial score (nSPS) is 9.44. The summed E-state index contributed by atoms with van der Waals surface area (Å²) in [5.74, 6) is 0.260. The van der Waals surface area contributed by atoms with Gasteiger partial charge in [0.05, 0.1) is 0 Å². The second-order valence-electron chi connectivity index (χ2n) is 1.74. The van der Waals surface area contributed by atoms with E-state index in [4.69, 9.17) is 5.11 Å². The van der Waals surface area contributed by atoms with Crippen LogP contribution in [0.3, 0.4) is 0 Å². The molecule has 0 aliphatic carbocycles. The number of hydrogen-bond donors (Lipinski definition) is 1. The zero-order valence-corrected chi connectivity index (χ0v) is 7.08. The highest BCUT2D eigenvalue weighted by molar-refractivity contribution is 14.1. The average molecular weight is 233 g/mol. The number of aromatic nitrogens is 1. The van der Waals surface area contributed by atoms with E-state index in [-0.39, 0.29) is 5.75 Å². The largest absolute Gasteiger partial charge is 0.507 e. The minimum Gasteiger partial charge on any atom is -0.507 e. The molecular weight excluding hydrogens is 228 g/mol. The Labute approximate surface area is 67.9 Å². The van der Waals surface area contributed by atoms with Crippen LogP contribution in [0.4, 0.5) is 0 Å². The first kappa shape index (κ1) is 6.86. The van der Waals surface area contributed by atoms with Gasteiger partial charge < -0.3 is 5.11 Å². The van der Waals surface area contributed by atoms with Crippen LogP contribution in [0.25, 0.3) is 0 Å². The van der Waals surface area contributed by atoms with Crippen molar-refractivity contribution in [2.24, 2.45) is 0 Å². The van der Waals surface area contributed by atoms with Crippen molar-refractivity contribution in [2.45, 2.75) is 0 Å². The fourth-order valence-corrected chi connectivity index (χ4v) is 1.06. The van der Waals surface area contributed by atoms with Crippen molar-refractivity contribution < 1.29 is 5.11 Å². The van der Waals surface area contributed by atoms with Crippen molar-refractivity contribution in [3.05, 3.63) is 15.8 Å². The lowest BCUT2D eigenvalue weighted by Gasteiger charge is -1.95. The summed E-state index contributed by atoms with van der Waals surface area (Å²) in [6, 6.07) is 3.41. The average Bonchev–Trinajstić information content (AvgIpc) is 1.80. The van der Waals surface area contributed by atoms with Crippen LogP contribution in [0.5, 0.6) is 5.75 Å². The van der Waals surface area contributed by atoms with Crippen LogP contribution in [-0.4, -0.2) is 17.9 Å². The van der Waals surface area contributed by atoms with Gasteiger partial charge in [0.25, 0.3) is 0 Å². The molecule has 9 heavy (non-hydrogen) atoms. The second kappa shape index (κ2) is 2.55. The molecule has 1 aromatic rings. The highest BCUT2D eigenvalue weighted by atomic mass is 127. The smallest absolute Gasteiger partial charge is 0.169 e. The third kappa shape index (κ3) is 1.57. The lowest BCUT2D eigenvalue weighted by molar-refractivity contribution is 0.477. The summed E-state index contributed by atoms with van der Waals surface area (Å²) in [6.45, 7) is 0. The van der Waals surface area contributed by atoms with Gasteiger partial charge in [0.15, 0.2) is 7.85 Å². The van der Waals surface area contributed by atoms with Gasteiger partial charge in [0.1, 0.15) is 9.45 Å². The van der Waals surface area contributed by atoms with Crippen molar-refractivity contribution in [3.8, 4) is 5.75 Å². The lowest BCUT2D eigenvalue weighted by atomic mass is 10.0. The molecule has 0 unspecified atom stereocenters. The van der Waals surface area contributed by atoms with E-state index in [1.54, 1.807) is 20.0 Å². The van der Waals surface area contributed by atoms with Crippen LogP contribution in [0.2, 0.25) is 0 Å². The molecule has 0 aliphatic heterocycles. The first-order valence-electron chi connectivity index (χ1n) is 2.52. The van der Waals surface area contributed by atoms with E-state index < -0.39 is 0 Å². The Hall–Kier alpha value is -0.255. The highest BCUT2D eigenvalue weighted by Crippen LogP contribution is 2.03. The van der Waals surface area contributed by atoms with Gasteiger partial charge in [-0.15, -0.1) is 0 Å².